The topological polar surface area (TPSA) is 38.3 Å². The van der Waals surface area contributed by atoms with Gasteiger partial charge in [0, 0.05) is 18.5 Å². The molecule has 19 heavy (non-hydrogen) atoms. The first-order valence-electron chi connectivity index (χ1n) is 5.86. The van der Waals surface area contributed by atoms with Gasteiger partial charge in [0.25, 0.3) is 0 Å². The first kappa shape index (κ1) is 16.0. The first-order chi connectivity index (χ1) is 9.02. The Hall–Kier alpha value is -1.01. The van der Waals surface area contributed by atoms with Gasteiger partial charge < -0.3 is 10.1 Å². The highest BCUT2D eigenvalue weighted by Crippen LogP contribution is 2.09. The number of hydrogen-bond acceptors (Lipinski definition) is 2. The van der Waals surface area contributed by atoms with Crippen LogP contribution in [0.2, 0.25) is 0 Å². The highest BCUT2D eigenvalue weighted by Gasteiger charge is 2.08. The lowest BCUT2D eigenvalue weighted by atomic mass is 10.1. The van der Waals surface area contributed by atoms with Gasteiger partial charge >= 0.3 is 0 Å². The number of carbonyl (C=O) groups is 1. The van der Waals surface area contributed by atoms with E-state index in [1.165, 1.54) is 6.07 Å². The Morgan fingerprint density at radius 1 is 1.42 bits per heavy atom. The van der Waals surface area contributed by atoms with Crippen LogP contribution in [0.4, 0.5) is 8.78 Å². The molecule has 1 amide bonds. The van der Waals surface area contributed by atoms with E-state index in [4.69, 9.17) is 4.74 Å². The zero-order valence-corrected chi connectivity index (χ0v) is 12.2. The molecule has 0 aliphatic heterocycles. The molecule has 1 aromatic carbocycles. The van der Waals surface area contributed by atoms with Crippen molar-refractivity contribution >= 4 is 21.8 Å². The summed E-state index contributed by atoms with van der Waals surface area (Å²) in [7, 11) is 1.61. The van der Waals surface area contributed by atoms with Crippen LogP contribution in [0.3, 0.4) is 0 Å². The molecule has 1 aromatic rings. The highest BCUT2D eigenvalue weighted by atomic mass is 79.9. The Kier molecular flexibility index (Phi) is 6.94. The van der Waals surface area contributed by atoms with Gasteiger partial charge in [-0.2, -0.15) is 0 Å². The summed E-state index contributed by atoms with van der Waals surface area (Å²) in [5, 5.41) is 2.71. The zero-order valence-electron chi connectivity index (χ0n) is 10.6. The molecule has 0 saturated carbocycles. The minimum atomic E-state index is -0.939. The SMILES string of the molecule is COCC(Br)CCNC(=O)Cc1ccc(F)c(F)c1. The third-order valence-corrected chi connectivity index (χ3v) is 3.20. The van der Waals surface area contributed by atoms with Crippen LogP contribution in [-0.2, 0) is 16.0 Å². The van der Waals surface area contributed by atoms with Gasteiger partial charge in [-0.15, -0.1) is 0 Å². The average molecular weight is 336 g/mol. The van der Waals surface area contributed by atoms with E-state index in [-0.39, 0.29) is 17.2 Å². The number of halogens is 3. The highest BCUT2D eigenvalue weighted by molar-refractivity contribution is 9.09. The molecular weight excluding hydrogens is 320 g/mol. The van der Waals surface area contributed by atoms with E-state index in [9.17, 15) is 13.6 Å². The molecule has 0 aliphatic carbocycles. The number of methoxy groups -OCH3 is 1. The molecule has 0 spiro atoms. The van der Waals surface area contributed by atoms with Crippen LogP contribution in [0.25, 0.3) is 0 Å². The molecule has 0 saturated heterocycles. The van der Waals surface area contributed by atoms with E-state index in [0.29, 0.717) is 18.7 Å². The standard InChI is InChI=1S/C13H16BrF2NO2/c1-19-8-10(14)4-5-17-13(18)7-9-2-3-11(15)12(16)6-9/h2-3,6,10H,4-5,7-8H2,1H3,(H,17,18). The van der Waals surface area contributed by atoms with E-state index >= 15 is 0 Å². The molecule has 6 heteroatoms. The molecule has 0 fully saturated rings. The maximum Gasteiger partial charge on any atom is 0.224 e. The Labute approximate surface area is 119 Å². The van der Waals surface area contributed by atoms with Gasteiger partial charge in [0.1, 0.15) is 0 Å². The number of nitrogens with one attached hydrogen (secondary N) is 1. The molecule has 0 aliphatic rings. The molecule has 0 radical (unpaired) electrons. The summed E-state index contributed by atoms with van der Waals surface area (Å²) in [5.41, 5.74) is 0.448. The van der Waals surface area contributed by atoms with Crippen LogP contribution >= 0.6 is 15.9 Å². The van der Waals surface area contributed by atoms with Gasteiger partial charge in [0.15, 0.2) is 11.6 Å². The van der Waals surface area contributed by atoms with E-state index in [1.54, 1.807) is 7.11 Å². The molecule has 3 nitrogen and oxygen atoms in total. The van der Waals surface area contributed by atoms with Crippen molar-refractivity contribution in [2.45, 2.75) is 17.7 Å². The lowest BCUT2D eigenvalue weighted by Crippen LogP contribution is -2.28. The fourth-order valence-electron chi connectivity index (χ4n) is 1.53. The van der Waals surface area contributed by atoms with Gasteiger partial charge in [0.05, 0.1) is 13.0 Å². The van der Waals surface area contributed by atoms with Gasteiger partial charge in [-0.1, -0.05) is 22.0 Å². The second-order valence-corrected chi connectivity index (χ2v) is 5.41. The van der Waals surface area contributed by atoms with Crippen LogP contribution < -0.4 is 5.32 Å². The third kappa shape index (κ3) is 6.11. The molecule has 106 valence electrons. The Morgan fingerprint density at radius 2 is 2.16 bits per heavy atom. The van der Waals surface area contributed by atoms with Crippen molar-refractivity contribution in [2.24, 2.45) is 0 Å². The normalized spacial score (nSPS) is 12.2. The quantitative estimate of drug-likeness (QED) is 0.777. The van der Waals surface area contributed by atoms with Crippen molar-refractivity contribution in [1.82, 2.24) is 5.32 Å². The predicted octanol–water partition coefficient (Wildman–Crippen LogP) is 2.42. The molecule has 1 rings (SSSR count). The molecule has 1 N–H and O–H groups in total. The largest absolute Gasteiger partial charge is 0.384 e. The van der Waals surface area contributed by atoms with E-state index in [1.807, 2.05) is 0 Å². The smallest absolute Gasteiger partial charge is 0.224 e. The van der Waals surface area contributed by atoms with Crippen LogP contribution in [0.5, 0.6) is 0 Å². The second-order valence-electron chi connectivity index (χ2n) is 4.12. The summed E-state index contributed by atoms with van der Waals surface area (Å²) in [6.45, 7) is 1.07. The minimum Gasteiger partial charge on any atom is -0.384 e. The third-order valence-electron chi connectivity index (χ3n) is 2.48. The van der Waals surface area contributed by atoms with Gasteiger partial charge in [-0.05, 0) is 24.1 Å². The predicted molar refractivity (Wildman–Crippen MR) is 72.3 cm³/mol. The fraction of sp³-hybridized carbons (Fsp3) is 0.462. The van der Waals surface area contributed by atoms with Gasteiger partial charge in [-0.3, -0.25) is 4.79 Å². The Morgan fingerprint density at radius 3 is 2.79 bits per heavy atom. The lowest BCUT2D eigenvalue weighted by Gasteiger charge is -2.09. The summed E-state index contributed by atoms with van der Waals surface area (Å²) in [6.07, 6.45) is 0.770. The Balaban J connectivity index is 2.33. The van der Waals surface area contributed by atoms with Crippen LogP contribution in [0.1, 0.15) is 12.0 Å². The van der Waals surface area contributed by atoms with Crippen LogP contribution in [0, 0.1) is 11.6 Å². The second kappa shape index (κ2) is 8.22. The maximum absolute atomic E-state index is 12.9. The van der Waals surface area contributed by atoms with Crippen LogP contribution in [-0.4, -0.2) is 31.0 Å². The summed E-state index contributed by atoms with van der Waals surface area (Å²) >= 11 is 3.40. The summed E-state index contributed by atoms with van der Waals surface area (Å²) < 4.78 is 30.6. The number of benzene rings is 1. The number of carbonyl (C=O) groups excluding carboxylic acids is 1. The molecule has 0 aromatic heterocycles. The van der Waals surface area contributed by atoms with Crippen molar-refractivity contribution in [3.05, 3.63) is 35.4 Å². The monoisotopic (exact) mass is 335 g/mol. The van der Waals surface area contributed by atoms with Crippen molar-refractivity contribution < 1.29 is 18.3 Å². The fourth-order valence-corrected chi connectivity index (χ4v) is 2.02. The summed E-state index contributed by atoms with van der Waals surface area (Å²) in [4.78, 5) is 11.8. The number of ether oxygens (including phenoxy) is 1. The molecule has 1 unspecified atom stereocenters. The maximum atomic E-state index is 12.9. The van der Waals surface area contributed by atoms with Crippen molar-refractivity contribution in [3.63, 3.8) is 0 Å². The van der Waals surface area contributed by atoms with E-state index in [0.717, 1.165) is 18.6 Å². The van der Waals surface area contributed by atoms with Crippen molar-refractivity contribution in [3.8, 4) is 0 Å². The molecular formula is C13H16BrF2NO2. The molecule has 1 atom stereocenters. The lowest BCUT2D eigenvalue weighted by molar-refractivity contribution is -0.120. The Bertz CT molecular complexity index is 429. The van der Waals surface area contributed by atoms with Crippen molar-refractivity contribution in [2.75, 3.05) is 20.3 Å². The van der Waals surface area contributed by atoms with Gasteiger partial charge in [-0.25, -0.2) is 8.78 Å². The minimum absolute atomic E-state index is 0.0361. The summed E-state index contributed by atoms with van der Waals surface area (Å²) in [5.74, 6) is -2.07. The molecule has 0 heterocycles. The van der Waals surface area contributed by atoms with E-state index < -0.39 is 11.6 Å². The summed E-state index contributed by atoms with van der Waals surface area (Å²) in [6, 6.07) is 3.45. The number of alkyl halides is 1. The number of amides is 1. The van der Waals surface area contributed by atoms with Crippen molar-refractivity contribution in [1.29, 1.82) is 0 Å². The zero-order chi connectivity index (χ0) is 14.3. The number of hydrogen-bond donors (Lipinski definition) is 1. The first-order valence-corrected chi connectivity index (χ1v) is 6.78. The van der Waals surface area contributed by atoms with Crippen LogP contribution in [0.15, 0.2) is 18.2 Å². The average Bonchev–Trinajstić information content (AvgIpc) is 2.34. The van der Waals surface area contributed by atoms with Gasteiger partial charge in [0.2, 0.25) is 5.91 Å². The molecule has 0 bridgehead atoms. The van der Waals surface area contributed by atoms with E-state index in [2.05, 4.69) is 21.2 Å². The number of rotatable bonds is 7.